The van der Waals surface area contributed by atoms with Gasteiger partial charge in [0.25, 0.3) is 0 Å². The largest absolute Gasteiger partial charge is 0.386 e. The molecule has 1 aromatic rings. The Balaban J connectivity index is 0.000000720. The summed E-state index contributed by atoms with van der Waals surface area (Å²) < 4.78 is 0. The van der Waals surface area contributed by atoms with Crippen LogP contribution in [0, 0.1) is 0 Å². The lowest BCUT2D eigenvalue weighted by molar-refractivity contribution is 1.33. The first-order chi connectivity index (χ1) is 5.36. The van der Waals surface area contributed by atoms with Gasteiger partial charge in [0.15, 0.2) is 0 Å². The topological polar surface area (TPSA) is 38.4 Å². The van der Waals surface area contributed by atoms with E-state index in [0.29, 0.717) is 5.84 Å². The van der Waals surface area contributed by atoms with E-state index >= 15 is 0 Å². The Morgan fingerprint density at radius 2 is 2.08 bits per heavy atom. The molecule has 0 saturated heterocycles. The second-order valence-electron chi connectivity index (χ2n) is 2.36. The van der Waals surface area contributed by atoms with Gasteiger partial charge in [-0.2, -0.15) is 0 Å². The summed E-state index contributed by atoms with van der Waals surface area (Å²) in [5, 5.41) is 0. The second-order valence-corrected chi connectivity index (χ2v) is 3.38. The Labute approximate surface area is 81.7 Å². The van der Waals surface area contributed by atoms with Gasteiger partial charge in [0.2, 0.25) is 0 Å². The molecule has 0 saturated carbocycles. The van der Waals surface area contributed by atoms with E-state index in [1.54, 1.807) is 11.8 Å². The highest BCUT2D eigenvalue weighted by Gasteiger charge is 2.07. The Kier molecular flexibility index (Phi) is 3.00. The number of nitrogens with zero attached hydrogens (tertiary/aromatic N) is 1. The Bertz CT molecular complexity index is 312. The van der Waals surface area contributed by atoms with E-state index in [2.05, 4.69) is 11.1 Å². The van der Waals surface area contributed by atoms with Crippen LogP contribution in [-0.2, 0) is 0 Å². The predicted octanol–water partition coefficient (Wildman–Crippen LogP) is 2.20. The molecule has 0 radical (unpaired) electrons. The van der Waals surface area contributed by atoms with E-state index in [1.807, 2.05) is 18.2 Å². The number of halogens is 1. The summed E-state index contributed by atoms with van der Waals surface area (Å²) in [4.78, 5) is 5.44. The minimum Gasteiger partial charge on any atom is -0.386 e. The lowest BCUT2D eigenvalue weighted by Gasteiger charge is -2.10. The second kappa shape index (κ2) is 3.83. The fourth-order valence-electron chi connectivity index (χ4n) is 1.01. The number of nitrogens with two attached hydrogens (primary N) is 1. The number of benzene rings is 1. The molecule has 0 aliphatic carbocycles. The third kappa shape index (κ3) is 1.73. The highest BCUT2D eigenvalue weighted by molar-refractivity contribution is 8.00. The molecular weight excluding hydrogens is 192 g/mol. The van der Waals surface area contributed by atoms with E-state index in [9.17, 15) is 0 Å². The lowest BCUT2D eigenvalue weighted by atomic mass is 10.3. The van der Waals surface area contributed by atoms with Crippen LogP contribution < -0.4 is 5.73 Å². The number of thioether (sulfide) groups is 1. The van der Waals surface area contributed by atoms with Crippen LogP contribution in [0.3, 0.4) is 0 Å². The van der Waals surface area contributed by atoms with Crippen LogP contribution in [-0.4, -0.2) is 11.6 Å². The van der Waals surface area contributed by atoms with Crippen LogP contribution in [0.4, 0.5) is 5.69 Å². The molecular formula is C8H9ClN2S. The SMILES string of the molecule is Cl.NC1=Nc2ccccc2SC1. The number of fused-ring (bicyclic) bond motifs is 1. The Morgan fingerprint density at radius 3 is 2.92 bits per heavy atom. The maximum Gasteiger partial charge on any atom is 0.110 e. The zero-order valence-corrected chi connectivity index (χ0v) is 7.99. The van der Waals surface area contributed by atoms with Gasteiger partial charge in [0.1, 0.15) is 5.84 Å². The lowest BCUT2D eigenvalue weighted by Crippen LogP contribution is -2.15. The summed E-state index contributed by atoms with van der Waals surface area (Å²) >= 11 is 1.74. The maximum atomic E-state index is 5.58. The van der Waals surface area contributed by atoms with Crippen LogP contribution >= 0.6 is 24.2 Å². The highest BCUT2D eigenvalue weighted by atomic mass is 35.5. The molecule has 1 heterocycles. The van der Waals surface area contributed by atoms with E-state index in [-0.39, 0.29) is 12.4 Å². The summed E-state index contributed by atoms with van der Waals surface area (Å²) in [6.45, 7) is 0. The van der Waals surface area contributed by atoms with Gasteiger partial charge in [-0.15, -0.1) is 24.2 Å². The number of para-hydroxylation sites is 1. The minimum absolute atomic E-state index is 0. The maximum absolute atomic E-state index is 5.58. The minimum atomic E-state index is 0. The van der Waals surface area contributed by atoms with Crippen molar-refractivity contribution in [1.29, 1.82) is 0 Å². The third-order valence-corrected chi connectivity index (χ3v) is 2.60. The average molecular weight is 201 g/mol. The van der Waals surface area contributed by atoms with E-state index in [1.165, 1.54) is 4.90 Å². The van der Waals surface area contributed by atoms with Crippen molar-refractivity contribution in [3.05, 3.63) is 24.3 Å². The first-order valence-corrected chi connectivity index (χ1v) is 4.40. The predicted molar refractivity (Wildman–Crippen MR) is 55.7 cm³/mol. The fraction of sp³-hybridized carbons (Fsp3) is 0.125. The molecule has 0 atom stereocenters. The number of aliphatic imine (C=N–C) groups is 1. The van der Waals surface area contributed by atoms with Gasteiger partial charge in [-0.05, 0) is 12.1 Å². The normalized spacial score (nSPS) is 14.2. The molecule has 0 aromatic heterocycles. The molecule has 2 N–H and O–H groups in total. The fourth-order valence-corrected chi connectivity index (χ4v) is 1.81. The van der Waals surface area contributed by atoms with Crippen molar-refractivity contribution in [2.24, 2.45) is 10.7 Å². The third-order valence-electron chi connectivity index (χ3n) is 1.50. The number of hydrogen-bond donors (Lipinski definition) is 1. The van der Waals surface area contributed by atoms with Crippen molar-refractivity contribution < 1.29 is 0 Å². The van der Waals surface area contributed by atoms with Crippen LogP contribution in [0.25, 0.3) is 0 Å². The summed E-state index contributed by atoms with van der Waals surface area (Å²) in [6, 6.07) is 8.04. The highest BCUT2D eigenvalue weighted by Crippen LogP contribution is 2.32. The Morgan fingerprint density at radius 1 is 1.33 bits per heavy atom. The van der Waals surface area contributed by atoms with Crippen LogP contribution in [0.1, 0.15) is 0 Å². The standard InChI is InChI=1S/C8H8N2S.ClH/c9-8-5-11-7-4-2-1-3-6(7)10-8;/h1-4H,5H2,(H2,9,10);1H. The molecule has 0 spiro atoms. The first-order valence-electron chi connectivity index (χ1n) is 3.41. The molecule has 64 valence electrons. The monoisotopic (exact) mass is 200 g/mol. The van der Waals surface area contributed by atoms with Gasteiger partial charge in [-0.25, -0.2) is 4.99 Å². The summed E-state index contributed by atoms with van der Waals surface area (Å²) in [6.07, 6.45) is 0. The zero-order chi connectivity index (χ0) is 7.68. The van der Waals surface area contributed by atoms with Gasteiger partial charge < -0.3 is 5.73 Å². The van der Waals surface area contributed by atoms with Crippen LogP contribution in [0.15, 0.2) is 34.2 Å². The molecule has 0 amide bonds. The van der Waals surface area contributed by atoms with Crippen LogP contribution in [0.2, 0.25) is 0 Å². The van der Waals surface area contributed by atoms with Gasteiger partial charge >= 0.3 is 0 Å². The van der Waals surface area contributed by atoms with Crippen molar-refractivity contribution in [1.82, 2.24) is 0 Å². The molecule has 1 aliphatic rings. The molecule has 2 nitrogen and oxygen atoms in total. The summed E-state index contributed by atoms with van der Waals surface area (Å²) in [5.41, 5.74) is 6.58. The molecule has 0 fully saturated rings. The molecule has 12 heavy (non-hydrogen) atoms. The van der Waals surface area contributed by atoms with Gasteiger partial charge in [-0.1, -0.05) is 12.1 Å². The van der Waals surface area contributed by atoms with E-state index in [4.69, 9.17) is 5.73 Å². The first kappa shape index (κ1) is 9.42. The van der Waals surface area contributed by atoms with Gasteiger partial charge in [-0.3, -0.25) is 0 Å². The number of rotatable bonds is 0. The molecule has 1 aromatic carbocycles. The van der Waals surface area contributed by atoms with Crippen molar-refractivity contribution in [2.75, 3.05) is 5.75 Å². The number of amidine groups is 1. The van der Waals surface area contributed by atoms with E-state index in [0.717, 1.165) is 11.4 Å². The van der Waals surface area contributed by atoms with Crippen LogP contribution in [0.5, 0.6) is 0 Å². The van der Waals surface area contributed by atoms with E-state index < -0.39 is 0 Å². The molecule has 1 aliphatic heterocycles. The summed E-state index contributed by atoms with van der Waals surface area (Å²) in [7, 11) is 0. The summed E-state index contributed by atoms with van der Waals surface area (Å²) in [5.74, 6) is 1.53. The molecule has 2 rings (SSSR count). The van der Waals surface area contributed by atoms with Gasteiger partial charge in [0.05, 0.1) is 11.4 Å². The molecule has 0 unspecified atom stereocenters. The van der Waals surface area contributed by atoms with Crippen molar-refractivity contribution in [2.45, 2.75) is 4.90 Å². The van der Waals surface area contributed by atoms with Crippen molar-refractivity contribution >= 4 is 35.7 Å². The van der Waals surface area contributed by atoms with Gasteiger partial charge in [0, 0.05) is 4.90 Å². The smallest absolute Gasteiger partial charge is 0.110 e. The zero-order valence-electron chi connectivity index (χ0n) is 6.36. The average Bonchev–Trinajstić information content (AvgIpc) is 2.04. The molecule has 4 heteroatoms. The van der Waals surface area contributed by atoms with Crippen molar-refractivity contribution in [3.63, 3.8) is 0 Å². The number of hydrogen-bond acceptors (Lipinski definition) is 3. The van der Waals surface area contributed by atoms with Crippen molar-refractivity contribution in [3.8, 4) is 0 Å². The Hall–Kier alpha value is -0.670. The molecule has 0 bridgehead atoms. The quantitative estimate of drug-likeness (QED) is 0.698.